The first-order valence-corrected chi connectivity index (χ1v) is 10.1. The molecule has 7 nitrogen and oxygen atoms in total. The van der Waals surface area contributed by atoms with Gasteiger partial charge >= 0.3 is 0 Å². The fourth-order valence-corrected chi connectivity index (χ4v) is 3.49. The van der Waals surface area contributed by atoms with Crippen LogP contribution >= 0.6 is 0 Å². The summed E-state index contributed by atoms with van der Waals surface area (Å²) in [6.45, 7) is 1.82. The fourth-order valence-electron chi connectivity index (χ4n) is 3.49. The maximum atomic E-state index is 14.9. The third kappa shape index (κ3) is 4.50. The highest BCUT2D eigenvalue weighted by Crippen LogP contribution is 2.28. The zero-order valence-electron chi connectivity index (χ0n) is 17.4. The summed E-state index contributed by atoms with van der Waals surface area (Å²) in [6.07, 6.45) is 1.71. The number of halogens is 1. The van der Waals surface area contributed by atoms with Gasteiger partial charge in [-0.05, 0) is 42.8 Å². The zero-order chi connectivity index (χ0) is 22.7. The highest BCUT2D eigenvalue weighted by Gasteiger charge is 2.21. The molecular weight excluding hydrogens is 407 g/mol. The maximum Gasteiger partial charge on any atom is 0.252 e. The Labute approximate surface area is 184 Å². The number of pyridine rings is 2. The van der Waals surface area contributed by atoms with Crippen molar-refractivity contribution in [3.05, 3.63) is 89.9 Å². The topological polar surface area (TPSA) is 119 Å². The Balaban J connectivity index is 1.71. The number of aromatic nitrogens is 2. The Morgan fingerprint density at radius 3 is 2.53 bits per heavy atom. The second-order valence-electron chi connectivity index (χ2n) is 7.51. The quantitative estimate of drug-likeness (QED) is 0.350. The highest BCUT2D eigenvalue weighted by atomic mass is 19.1. The summed E-state index contributed by atoms with van der Waals surface area (Å²) >= 11 is 0. The summed E-state index contributed by atoms with van der Waals surface area (Å²) in [4.78, 5) is 20.6. The molecule has 1 amide bonds. The van der Waals surface area contributed by atoms with Crippen LogP contribution in [-0.2, 0) is 0 Å². The molecule has 0 fully saturated rings. The molecule has 0 saturated carbocycles. The van der Waals surface area contributed by atoms with Gasteiger partial charge in [0, 0.05) is 23.3 Å². The van der Waals surface area contributed by atoms with Gasteiger partial charge in [0.2, 0.25) is 0 Å². The molecule has 2 aromatic carbocycles. The molecule has 0 aliphatic carbocycles. The second kappa shape index (κ2) is 8.99. The zero-order valence-corrected chi connectivity index (χ0v) is 17.4. The van der Waals surface area contributed by atoms with Gasteiger partial charge in [-0.3, -0.25) is 9.78 Å². The van der Waals surface area contributed by atoms with E-state index in [1.54, 1.807) is 12.3 Å². The lowest BCUT2D eigenvalue weighted by molar-refractivity contribution is 0.100. The number of primary amides is 1. The predicted octanol–water partition coefficient (Wildman–Crippen LogP) is 4.11. The number of fused-ring (bicyclic) bond motifs is 1. The van der Waals surface area contributed by atoms with Crippen molar-refractivity contribution < 1.29 is 9.18 Å². The predicted molar refractivity (Wildman–Crippen MR) is 124 cm³/mol. The average Bonchev–Trinajstić information content (AvgIpc) is 2.79. The van der Waals surface area contributed by atoms with Crippen LogP contribution in [0.4, 0.5) is 21.7 Å². The smallest absolute Gasteiger partial charge is 0.252 e. The minimum atomic E-state index is -0.792. The number of nitrogens with one attached hydrogen (secondary N) is 2. The number of hydrogen-bond acceptors (Lipinski definition) is 6. The van der Waals surface area contributed by atoms with Crippen LogP contribution in [0, 0.1) is 5.82 Å². The van der Waals surface area contributed by atoms with Crippen LogP contribution < -0.4 is 22.1 Å². The van der Waals surface area contributed by atoms with Crippen molar-refractivity contribution in [2.75, 3.05) is 10.6 Å². The van der Waals surface area contributed by atoms with E-state index in [-0.39, 0.29) is 23.2 Å². The number of anilines is 3. The molecule has 0 saturated heterocycles. The molecule has 4 aromatic rings. The molecule has 2 atom stereocenters. The first-order valence-electron chi connectivity index (χ1n) is 10.1. The summed E-state index contributed by atoms with van der Waals surface area (Å²) in [6, 6.07) is 19.1. The molecule has 0 bridgehead atoms. The first-order chi connectivity index (χ1) is 15.4. The van der Waals surface area contributed by atoms with Gasteiger partial charge in [-0.2, -0.15) is 0 Å². The summed E-state index contributed by atoms with van der Waals surface area (Å²) in [5.41, 5.74) is 13.9. The largest absolute Gasteiger partial charge is 0.365 e. The fraction of sp³-hybridized carbons (Fsp3) is 0.125. The molecule has 0 aliphatic rings. The monoisotopic (exact) mass is 430 g/mol. The first kappa shape index (κ1) is 21.2. The standard InChI is InChI=1S/C24H23FN6O/c1-14(26)21(15-6-3-2-4-7-15)30-24-19(25)13-18(22(27)32)23(31-24)29-17-9-10-20-16(12-17)8-5-11-28-20/h2-14,21H,26H2,1H3,(H2,27,32)(H2,29,30,31)/t14-,21-/m0/s1. The van der Waals surface area contributed by atoms with E-state index >= 15 is 0 Å². The maximum absolute atomic E-state index is 14.9. The molecule has 0 spiro atoms. The van der Waals surface area contributed by atoms with E-state index in [0.29, 0.717) is 5.69 Å². The van der Waals surface area contributed by atoms with E-state index in [1.807, 2.05) is 61.5 Å². The van der Waals surface area contributed by atoms with E-state index in [0.717, 1.165) is 22.5 Å². The van der Waals surface area contributed by atoms with Crippen molar-refractivity contribution in [3.8, 4) is 0 Å². The number of carbonyl (C=O) groups excluding carboxylic acids is 1. The molecule has 6 N–H and O–H groups in total. The Bertz CT molecular complexity index is 1260. The molecule has 8 heteroatoms. The lowest BCUT2D eigenvalue weighted by Crippen LogP contribution is -2.31. The normalized spacial score (nSPS) is 12.8. The van der Waals surface area contributed by atoms with Gasteiger partial charge in [0.05, 0.1) is 17.1 Å². The Morgan fingerprint density at radius 1 is 1.03 bits per heavy atom. The van der Waals surface area contributed by atoms with E-state index in [1.165, 1.54) is 0 Å². The number of nitrogens with two attached hydrogens (primary N) is 2. The third-order valence-electron chi connectivity index (χ3n) is 5.08. The van der Waals surface area contributed by atoms with Crippen LogP contribution in [0.5, 0.6) is 0 Å². The third-order valence-corrected chi connectivity index (χ3v) is 5.08. The Hall–Kier alpha value is -4.04. The van der Waals surface area contributed by atoms with Gasteiger partial charge in [-0.15, -0.1) is 0 Å². The van der Waals surface area contributed by atoms with Crippen molar-refractivity contribution in [2.24, 2.45) is 11.5 Å². The second-order valence-corrected chi connectivity index (χ2v) is 7.51. The Kier molecular flexibility index (Phi) is 5.96. The Morgan fingerprint density at radius 2 is 1.81 bits per heavy atom. The number of amides is 1. The van der Waals surface area contributed by atoms with E-state index in [4.69, 9.17) is 11.5 Å². The summed E-state index contributed by atoms with van der Waals surface area (Å²) in [7, 11) is 0. The van der Waals surface area contributed by atoms with E-state index in [2.05, 4.69) is 20.6 Å². The molecule has 32 heavy (non-hydrogen) atoms. The summed E-state index contributed by atoms with van der Waals surface area (Å²) in [5.74, 6) is -1.39. The molecule has 2 aromatic heterocycles. The van der Waals surface area contributed by atoms with Gasteiger partial charge in [0.25, 0.3) is 5.91 Å². The minimum absolute atomic E-state index is 0.0360. The van der Waals surface area contributed by atoms with Crippen molar-refractivity contribution >= 4 is 34.1 Å². The van der Waals surface area contributed by atoms with Crippen molar-refractivity contribution in [1.29, 1.82) is 0 Å². The number of rotatable bonds is 7. The van der Waals surface area contributed by atoms with Crippen LogP contribution in [0.3, 0.4) is 0 Å². The molecular formula is C24H23FN6O. The van der Waals surface area contributed by atoms with Crippen molar-refractivity contribution in [1.82, 2.24) is 9.97 Å². The molecule has 0 aliphatic heterocycles. The number of hydrogen-bond donors (Lipinski definition) is 4. The van der Waals surface area contributed by atoms with Crippen molar-refractivity contribution in [3.63, 3.8) is 0 Å². The number of carbonyl (C=O) groups is 1. The van der Waals surface area contributed by atoms with Gasteiger partial charge in [-0.25, -0.2) is 9.37 Å². The summed E-state index contributed by atoms with van der Waals surface area (Å²) in [5, 5.41) is 7.05. The van der Waals surface area contributed by atoms with Gasteiger partial charge in [-0.1, -0.05) is 36.4 Å². The van der Waals surface area contributed by atoms with E-state index in [9.17, 15) is 9.18 Å². The van der Waals surface area contributed by atoms with Crippen LogP contribution in [-0.4, -0.2) is 21.9 Å². The van der Waals surface area contributed by atoms with Crippen LogP contribution in [0.1, 0.15) is 28.9 Å². The van der Waals surface area contributed by atoms with Crippen molar-refractivity contribution in [2.45, 2.75) is 19.0 Å². The number of nitrogens with zero attached hydrogens (tertiary/aromatic N) is 2. The average molecular weight is 430 g/mol. The summed E-state index contributed by atoms with van der Waals surface area (Å²) < 4.78 is 14.9. The minimum Gasteiger partial charge on any atom is -0.365 e. The van der Waals surface area contributed by atoms with Gasteiger partial charge in [0.15, 0.2) is 11.6 Å². The molecule has 162 valence electrons. The number of benzene rings is 2. The molecule has 2 heterocycles. The van der Waals surface area contributed by atoms with Gasteiger partial charge in [0.1, 0.15) is 5.82 Å². The lowest BCUT2D eigenvalue weighted by Gasteiger charge is -2.24. The van der Waals surface area contributed by atoms with E-state index < -0.39 is 17.8 Å². The molecule has 4 rings (SSSR count). The van der Waals surface area contributed by atoms with Crippen LogP contribution in [0.25, 0.3) is 10.9 Å². The molecule has 0 unspecified atom stereocenters. The highest BCUT2D eigenvalue weighted by molar-refractivity contribution is 5.99. The SMILES string of the molecule is C[C@H](N)[C@H](Nc1nc(Nc2ccc3ncccc3c2)c(C(N)=O)cc1F)c1ccccc1. The molecule has 0 radical (unpaired) electrons. The van der Waals surface area contributed by atoms with Gasteiger partial charge < -0.3 is 22.1 Å². The van der Waals surface area contributed by atoms with Crippen LogP contribution in [0.2, 0.25) is 0 Å². The van der Waals surface area contributed by atoms with Crippen LogP contribution in [0.15, 0.2) is 72.9 Å². The lowest BCUT2D eigenvalue weighted by atomic mass is 10.0.